The minimum Gasteiger partial charge on any atom is -0.385 e. The van der Waals surface area contributed by atoms with Crippen molar-refractivity contribution < 1.29 is 26.8 Å². The van der Waals surface area contributed by atoms with E-state index in [1.54, 1.807) is 0 Å². The first-order valence-corrected chi connectivity index (χ1v) is 9.85. The molecular formula is C14H23N5O6S. The molecule has 12 heteroatoms. The topological polar surface area (TPSA) is 146 Å². The highest BCUT2D eigenvalue weighted by atomic mass is 32.3. The normalized spacial score (nSPS) is 30.8. The molecule has 0 aromatic carbocycles. The lowest BCUT2D eigenvalue weighted by atomic mass is 9.97. The smallest absolute Gasteiger partial charge is 0.385 e. The number of nitrogens with zero attached hydrogens (tertiary/aromatic N) is 4. The molecule has 3 fully saturated rings. The molecule has 3 atom stereocenters. The van der Waals surface area contributed by atoms with Gasteiger partial charge in [0.05, 0.1) is 18.0 Å². The summed E-state index contributed by atoms with van der Waals surface area (Å²) in [4.78, 5) is 32.2. The van der Waals surface area contributed by atoms with Crippen LogP contribution in [-0.2, 0) is 19.5 Å². The van der Waals surface area contributed by atoms with Crippen LogP contribution in [-0.4, -0.2) is 84.4 Å². The van der Waals surface area contributed by atoms with Gasteiger partial charge in [0.1, 0.15) is 5.84 Å². The molecular weight excluding hydrogens is 366 g/mol. The molecule has 11 nitrogen and oxygen atoms in total. The zero-order valence-corrected chi connectivity index (χ0v) is 15.3. The monoisotopic (exact) mass is 389 g/mol. The maximum Gasteiger partial charge on any atom is 0.418 e. The highest BCUT2D eigenvalue weighted by Crippen LogP contribution is 2.31. The van der Waals surface area contributed by atoms with Crippen molar-refractivity contribution in [1.82, 2.24) is 14.9 Å². The van der Waals surface area contributed by atoms with Gasteiger partial charge in [0.2, 0.25) is 0 Å². The number of hydroxylamine groups is 2. The lowest BCUT2D eigenvalue weighted by Crippen LogP contribution is -2.48. The fourth-order valence-corrected chi connectivity index (χ4v) is 4.19. The standard InChI is InChI=1S/C14H23N5O6S/c1-17-6-2-3-9(7-17)13(20)16-12(15)11-5-4-10-8-18(11)14(21)19(10)25-26(22,23)24/h9-11H,2-8H2,1H3,(H2,15,16,20)(H,22,23,24)/t9-,10+,11-/m0/s1. The van der Waals surface area contributed by atoms with Crippen LogP contribution >= 0.6 is 0 Å². The molecule has 3 N–H and O–H groups in total. The Hall–Kier alpha value is -1.76. The number of hydrogen-bond donors (Lipinski definition) is 2. The Bertz CT molecular complexity index is 725. The Kier molecular flexibility index (Phi) is 5.19. The molecule has 3 rings (SSSR count). The summed E-state index contributed by atoms with van der Waals surface area (Å²) in [6, 6.07) is -1.83. The van der Waals surface area contributed by atoms with Gasteiger partial charge in [0, 0.05) is 13.1 Å². The molecule has 3 heterocycles. The van der Waals surface area contributed by atoms with Crippen LogP contribution in [0.25, 0.3) is 0 Å². The molecule has 0 aromatic rings. The van der Waals surface area contributed by atoms with Crippen LogP contribution in [0, 0.1) is 5.92 Å². The molecule has 0 unspecified atom stereocenters. The van der Waals surface area contributed by atoms with Crippen molar-refractivity contribution in [3.8, 4) is 0 Å². The predicted molar refractivity (Wildman–Crippen MR) is 90.2 cm³/mol. The van der Waals surface area contributed by atoms with Crippen molar-refractivity contribution in [1.29, 1.82) is 0 Å². The number of amides is 3. The molecule has 26 heavy (non-hydrogen) atoms. The number of urea groups is 1. The molecule has 3 aliphatic rings. The van der Waals surface area contributed by atoms with Gasteiger partial charge in [-0.3, -0.25) is 9.35 Å². The summed E-state index contributed by atoms with van der Waals surface area (Å²) >= 11 is 0. The summed E-state index contributed by atoms with van der Waals surface area (Å²) in [5, 5.41) is 0.639. The maximum absolute atomic E-state index is 12.4. The first-order valence-electron chi connectivity index (χ1n) is 8.49. The minimum atomic E-state index is -4.80. The summed E-state index contributed by atoms with van der Waals surface area (Å²) in [7, 11) is -2.85. The highest BCUT2D eigenvalue weighted by molar-refractivity contribution is 7.80. The van der Waals surface area contributed by atoms with Gasteiger partial charge in [0.15, 0.2) is 0 Å². The van der Waals surface area contributed by atoms with E-state index >= 15 is 0 Å². The summed E-state index contributed by atoms with van der Waals surface area (Å²) in [6.07, 6.45) is 2.51. The molecule has 0 aliphatic carbocycles. The molecule has 0 spiro atoms. The van der Waals surface area contributed by atoms with Gasteiger partial charge in [-0.25, -0.2) is 4.79 Å². The van der Waals surface area contributed by atoms with Gasteiger partial charge in [-0.2, -0.15) is 18.5 Å². The summed E-state index contributed by atoms with van der Waals surface area (Å²) in [5.74, 6) is -0.463. The fraction of sp³-hybridized carbons (Fsp3) is 0.786. The van der Waals surface area contributed by atoms with Gasteiger partial charge < -0.3 is 15.5 Å². The number of carbonyl (C=O) groups is 2. The fourth-order valence-electron chi connectivity index (χ4n) is 3.80. The molecule has 3 amide bonds. The Balaban J connectivity index is 1.70. The largest absolute Gasteiger partial charge is 0.418 e. The van der Waals surface area contributed by atoms with E-state index in [-0.39, 0.29) is 24.2 Å². The van der Waals surface area contributed by atoms with Crippen molar-refractivity contribution in [2.75, 3.05) is 26.7 Å². The first-order chi connectivity index (χ1) is 12.2. The Morgan fingerprint density at radius 3 is 2.69 bits per heavy atom. The number of carbonyl (C=O) groups excluding carboxylic acids is 2. The SMILES string of the molecule is CN1CCC[C@H](C(=O)N=C(N)[C@@H]2CC[C@@H]3CN2C(=O)N3OS(=O)(=O)O)C1. The van der Waals surface area contributed by atoms with E-state index in [2.05, 4.69) is 14.2 Å². The van der Waals surface area contributed by atoms with Crippen molar-refractivity contribution in [2.24, 2.45) is 16.6 Å². The lowest BCUT2D eigenvalue weighted by Gasteiger charge is -2.30. The molecule has 0 saturated carbocycles. The Morgan fingerprint density at radius 1 is 1.31 bits per heavy atom. The molecule has 3 saturated heterocycles. The highest BCUT2D eigenvalue weighted by Gasteiger charge is 2.48. The number of hydrogen-bond acceptors (Lipinski definition) is 6. The van der Waals surface area contributed by atoms with E-state index in [0.29, 0.717) is 24.4 Å². The number of nitrogens with two attached hydrogens (primary N) is 1. The second-order valence-corrected chi connectivity index (χ2v) is 7.99. The average Bonchev–Trinajstić information content (AvgIpc) is 2.78. The molecule has 0 aromatic heterocycles. The van der Waals surface area contributed by atoms with Crippen LogP contribution < -0.4 is 5.73 Å². The van der Waals surface area contributed by atoms with Crippen molar-refractivity contribution >= 4 is 28.2 Å². The quantitative estimate of drug-likeness (QED) is 0.361. The lowest BCUT2D eigenvalue weighted by molar-refractivity contribution is -0.123. The summed E-state index contributed by atoms with van der Waals surface area (Å²) in [5.41, 5.74) is 6.00. The average molecular weight is 389 g/mol. The zero-order chi connectivity index (χ0) is 19.1. The number of piperidine rings is 2. The van der Waals surface area contributed by atoms with Crippen LogP contribution in [0.3, 0.4) is 0 Å². The molecule has 0 radical (unpaired) electrons. The van der Waals surface area contributed by atoms with E-state index in [4.69, 9.17) is 10.3 Å². The first kappa shape index (κ1) is 19.0. The number of amidine groups is 1. The van der Waals surface area contributed by atoms with Crippen molar-refractivity contribution in [3.05, 3.63) is 0 Å². The van der Waals surface area contributed by atoms with E-state index in [0.717, 1.165) is 19.4 Å². The maximum atomic E-state index is 12.4. The van der Waals surface area contributed by atoms with Crippen LogP contribution in [0.2, 0.25) is 0 Å². The van der Waals surface area contributed by atoms with Crippen LogP contribution in [0.4, 0.5) is 4.79 Å². The molecule has 146 valence electrons. The van der Waals surface area contributed by atoms with Gasteiger partial charge in [-0.05, 0) is 39.3 Å². The van der Waals surface area contributed by atoms with Gasteiger partial charge in [-0.1, -0.05) is 0 Å². The Labute approximate surface area is 151 Å². The number of fused-ring (bicyclic) bond motifs is 2. The van der Waals surface area contributed by atoms with E-state index in [1.807, 2.05) is 7.05 Å². The third-order valence-corrected chi connectivity index (χ3v) is 5.40. The van der Waals surface area contributed by atoms with Crippen LogP contribution in [0.1, 0.15) is 25.7 Å². The zero-order valence-electron chi connectivity index (χ0n) is 14.4. The predicted octanol–water partition coefficient (Wildman–Crippen LogP) is -0.785. The van der Waals surface area contributed by atoms with E-state index in [1.165, 1.54) is 4.90 Å². The number of likely N-dealkylation sites (tertiary alicyclic amines) is 1. The number of aliphatic imine (C=N–C) groups is 1. The van der Waals surface area contributed by atoms with Crippen LogP contribution in [0.15, 0.2) is 4.99 Å². The third-order valence-electron chi connectivity index (χ3n) is 5.05. The number of rotatable bonds is 4. The minimum absolute atomic E-state index is 0.0451. The van der Waals surface area contributed by atoms with Gasteiger partial charge in [-0.15, -0.1) is 4.28 Å². The van der Waals surface area contributed by atoms with Gasteiger partial charge >= 0.3 is 16.4 Å². The second-order valence-electron chi connectivity index (χ2n) is 6.99. The van der Waals surface area contributed by atoms with Crippen molar-refractivity contribution in [2.45, 2.75) is 37.8 Å². The third kappa shape index (κ3) is 3.98. The van der Waals surface area contributed by atoms with Crippen LogP contribution in [0.5, 0.6) is 0 Å². The Morgan fingerprint density at radius 2 is 2.04 bits per heavy atom. The summed E-state index contributed by atoms with van der Waals surface area (Å²) < 4.78 is 35.0. The second kappa shape index (κ2) is 7.10. The van der Waals surface area contributed by atoms with E-state index in [9.17, 15) is 18.0 Å². The summed E-state index contributed by atoms with van der Waals surface area (Å²) in [6.45, 7) is 1.76. The van der Waals surface area contributed by atoms with E-state index < -0.39 is 28.5 Å². The van der Waals surface area contributed by atoms with Crippen molar-refractivity contribution in [3.63, 3.8) is 0 Å². The molecule has 3 aliphatic heterocycles. The molecule has 2 bridgehead atoms. The van der Waals surface area contributed by atoms with Gasteiger partial charge in [0.25, 0.3) is 5.91 Å².